The third-order valence-corrected chi connectivity index (χ3v) is 3.53. The van der Waals surface area contributed by atoms with Gasteiger partial charge in [0, 0.05) is 6.54 Å². The Hall–Kier alpha value is -2.69. The molecule has 2 aromatic carbocycles. The van der Waals surface area contributed by atoms with E-state index in [1.807, 2.05) is 49.4 Å². The number of carbonyl (C=O) groups excluding carboxylic acids is 1. The van der Waals surface area contributed by atoms with Crippen LogP contribution in [0.5, 0.6) is 17.2 Å². The Morgan fingerprint density at radius 3 is 2.61 bits per heavy atom. The first-order valence-corrected chi connectivity index (χ1v) is 7.61. The molecule has 0 aromatic heterocycles. The predicted molar refractivity (Wildman–Crippen MR) is 85.7 cm³/mol. The Bertz CT molecular complexity index is 682. The summed E-state index contributed by atoms with van der Waals surface area (Å²) in [6.45, 7) is 3.29. The van der Waals surface area contributed by atoms with Crippen molar-refractivity contribution >= 4 is 5.91 Å². The lowest BCUT2D eigenvalue weighted by molar-refractivity contribution is -0.120. The Morgan fingerprint density at radius 2 is 1.83 bits per heavy atom. The van der Waals surface area contributed by atoms with Gasteiger partial charge >= 0.3 is 0 Å². The monoisotopic (exact) mass is 313 g/mol. The molecule has 5 nitrogen and oxygen atoms in total. The average Bonchev–Trinajstić information content (AvgIpc) is 3.03. The third-order valence-electron chi connectivity index (χ3n) is 3.53. The SMILES string of the molecule is CCOc1ccc(CC(=O)NCc2ccc3c(c2)OCO3)cc1. The van der Waals surface area contributed by atoms with Gasteiger partial charge in [-0.2, -0.15) is 0 Å². The van der Waals surface area contributed by atoms with E-state index in [0.29, 0.717) is 19.6 Å². The molecule has 0 bridgehead atoms. The second kappa shape index (κ2) is 7.05. The number of benzene rings is 2. The highest BCUT2D eigenvalue weighted by molar-refractivity contribution is 5.78. The normalized spacial score (nSPS) is 12.0. The Kier molecular flexibility index (Phi) is 4.66. The van der Waals surface area contributed by atoms with E-state index in [-0.39, 0.29) is 12.7 Å². The maximum absolute atomic E-state index is 12.0. The molecule has 2 aromatic rings. The number of hydrogen-bond donors (Lipinski definition) is 1. The standard InChI is InChI=1S/C18H19NO4/c1-2-21-15-6-3-13(4-7-15)10-18(20)19-11-14-5-8-16-17(9-14)23-12-22-16/h3-9H,2,10-12H2,1H3,(H,19,20). The maximum Gasteiger partial charge on any atom is 0.231 e. The van der Waals surface area contributed by atoms with E-state index >= 15 is 0 Å². The van der Waals surface area contributed by atoms with E-state index < -0.39 is 0 Å². The molecule has 0 aliphatic carbocycles. The molecule has 3 rings (SSSR count). The molecule has 0 fully saturated rings. The summed E-state index contributed by atoms with van der Waals surface area (Å²) < 4.78 is 16.0. The van der Waals surface area contributed by atoms with Gasteiger partial charge in [0.25, 0.3) is 0 Å². The molecule has 1 aliphatic heterocycles. The van der Waals surface area contributed by atoms with Gasteiger partial charge in [-0.25, -0.2) is 0 Å². The summed E-state index contributed by atoms with van der Waals surface area (Å²) in [4.78, 5) is 12.0. The van der Waals surface area contributed by atoms with Crippen LogP contribution >= 0.6 is 0 Å². The van der Waals surface area contributed by atoms with Crippen LogP contribution < -0.4 is 19.5 Å². The average molecular weight is 313 g/mol. The van der Waals surface area contributed by atoms with Crippen molar-refractivity contribution in [2.75, 3.05) is 13.4 Å². The lowest BCUT2D eigenvalue weighted by atomic mass is 10.1. The Morgan fingerprint density at radius 1 is 1.09 bits per heavy atom. The van der Waals surface area contributed by atoms with Crippen molar-refractivity contribution in [3.8, 4) is 17.2 Å². The van der Waals surface area contributed by atoms with Crippen LogP contribution in [-0.4, -0.2) is 19.3 Å². The Balaban J connectivity index is 1.51. The van der Waals surface area contributed by atoms with Crippen molar-refractivity contribution in [2.24, 2.45) is 0 Å². The van der Waals surface area contributed by atoms with Crippen molar-refractivity contribution in [1.29, 1.82) is 0 Å². The number of ether oxygens (including phenoxy) is 3. The van der Waals surface area contributed by atoms with E-state index in [4.69, 9.17) is 14.2 Å². The van der Waals surface area contributed by atoms with Gasteiger partial charge in [-0.3, -0.25) is 4.79 Å². The molecule has 0 unspecified atom stereocenters. The molecular formula is C18H19NO4. The molecule has 120 valence electrons. The minimum Gasteiger partial charge on any atom is -0.494 e. The van der Waals surface area contributed by atoms with Gasteiger partial charge < -0.3 is 19.5 Å². The minimum atomic E-state index is -0.0215. The number of nitrogens with one attached hydrogen (secondary N) is 1. The maximum atomic E-state index is 12.0. The lowest BCUT2D eigenvalue weighted by Gasteiger charge is -2.07. The van der Waals surface area contributed by atoms with E-state index in [1.54, 1.807) is 0 Å². The molecule has 0 spiro atoms. The molecule has 1 aliphatic rings. The van der Waals surface area contributed by atoms with Crippen molar-refractivity contribution < 1.29 is 19.0 Å². The molecule has 0 radical (unpaired) electrons. The van der Waals surface area contributed by atoms with E-state index in [2.05, 4.69) is 5.32 Å². The van der Waals surface area contributed by atoms with Gasteiger partial charge in [-0.1, -0.05) is 18.2 Å². The van der Waals surface area contributed by atoms with Crippen molar-refractivity contribution in [2.45, 2.75) is 19.9 Å². The summed E-state index contributed by atoms with van der Waals surface area (Å²) in [6.07, 6.45) is 0.344. The van der Waals surface area contributed by atoms with E-state index in [0.717, 1.165) is 28.4 Å². The van der Waals surface area contributed by atoms with Crippen molar-refractivity contribution in [3.63, 3.8) is 0 Å². The smallest absolute Gasteiger partial charge is 0.231 e. The van der Waals surface area contributed by atoms with Crippen molar-refractivity contribution in [1.82, 2.24) is 5.32 Å². The quantitative estimate of drug-likeness (QED) is 0.891. The van der Waals surface area contributed by atoms with E-state index in [1.165, 1.54) is 0 Å². The second-order valence-corrected chi connectivity index (χ2v) is 5.22. The number of fused-ring (bicyclic) bond motifs is 1. The molecule has 0 atom stereocenters. The summed E-state index contributed by atoms with van der Waals surface area (Å²) in [7, 11) is 0. The van der Waals surface area contributed by atoms with Crippen LogP contribution in [0, 0.1) is 0 Å². The van der Waals surface area contributed by atoms with Crippen LogP contribution in [0.25, 0.3) is 0 Å². The Labute approximate surface area is 135 Å². The van der Waals surface area contributed by atoms with Gasteiger partial charge in [0.05, 0.1) is 13.0 Å². The fraction of sp³-hybridized carbons (Fsp3) is 0.278. The third kappa shape index (κ3) is 3.94. The largest absolute Gasteiger partial charge is 0.494 e. The number of rotatable bonds is 6. The van der Waals surface area contributed by atoms with Gasteiger partial charge in [0.2, 0.25) is 12.7 Å². The van der Waals surface area contributed by atoms with Crippen LogP contribution in [0.2, 0.25) is 0 Å². The zero-order chi connectivity index (χ0) is 16.1. The van der Waals surface area contributed by atoms with Gasteiger partial charge in [0.15, 0.2) is 11.5 Å². The molecule has 1 N–H and O–H groups in total. The highest BCUT2D eigenvalue weighted by Gasteiger charge is 2.13. The highest BCUT2D eigenvalue weighted by atomic mass is 16.7. The summed E-state index contributed by atoms with van der Waals surface area (Å²) in [5.41, 5.74) is 1.94. The zero-order valence-corrected chi connectivity index (χ0v) is 13.0. The first-order valence-electron chi connectivity index (χ1n) is 7.61. The molecule has 5 heteroatoms. The fourth-order valence-electron chi connectivity index (χ4n) is 2.37. The van der Waals surface area contributed by atoms with E-state index in [9.17, 15) is 4.79 Å². The van der Waals surface area contributed by atoms with Crippen LogP contribution in [0.15, 0.2) is 42.5 Å². The molecular weight excluding hydrogens is 294 g/mol. The molecule has 1 amide bonds. The zero-order valence-electron chi connectivity index (χ0n) is 13.0. The van der Waals surface area contributed by atoms with Crippen LogP contribution in [0.3, 0.4) is 0 Å². The number of amides is 1. The second-order valence-electron chi connectivity index (χ2n) is 5.22. The number of hydrogen-bond acceptors (Lipinski definition) is 4. The number of carbonyl (C=O) groups is 1. The van der Waals surface area contributed by atoms with Crippen molar-refractivity contribution in [3.05, 3.63) is 53.6 Å². The lowest BCUT2D eigenvalue weighted by Crippen LogP contribution is -2.24. The molecule has 23 heavy (non-hydrogen) atoms. The highest BCUT2D eigenvalue weighted by Crippen LogP contribution is 2.32. The summed E-state index contributed by atoms with van der Waals surface area (Å²) in [6, 6.07) is 13.2. The first kappa shape index (κ1) is 15.2. The van der Waals surface area contributed by atoms with Crippen LogP contribution in [0.1, 0.15) is 18.1 Å². The first-order chi connectivity index (χ1) is 11.2. The van der Waals surface area contributed by atoms with Gasteiger partial charge in [0.1, 0.15) is 5.75 Å². The molecule has 0 saturated heterocycles. The van der Waals surface area contributed by atoms with Gasteiger partial charge in [-0.15, -0.1) is 0 Å². The minimum absolute atomic E-state index is 0.0215. The predicted octanol–water partition coefficient (Wildman–Crippen LogP) is 2.67. The molecule has 0 saturated carbocycles. The topological polar surface area (TPSA) is 56.8 Å². The van der Waals surface area contributed by atoms with Crippen LogP contribution in [-0.2, 0) is 17.8 Å². The molecule has 1 heterocycles. The fourth-order valence-corrected chi connectivity index (χ4v) is 2.37. The summed E-state index contributed by atoms with van der Waals surface area (Å²) >= 11 is 0. The van der Waals surface area contributed by atoms with Crippen LogP contribution in [0.4, 0.5) is 0 Å². The summed E-state index contributed by atoms with van der Waals surface area (Å²) in [5, 5.41) is 2.91. The summed E-state index contributed by atoms with van der Waals surface area (Å²) in [5.74, 6) is 2.27. The van der Waals surface area contributed by atoms with Gasteiger partial charge in [-0.05, 0) is 42.3 Å².